The topological polar surface area (TPSA) is 85.4 Å². The molecule has 4 rings (SSSR count). The molecule has 1 fully saturated rings. The summed E-state index contributed by atoms with van der Waals surface area (Å²) in [5.74, 6) is 1.56. The van der Waals surface area contributed by atoms with Crippen molar-refractivity contribution in [3.63, 3.8) is 0 Å². The van der Waals surface area contributed by atoms with Crippen molar-refractivity contribution in [2.75, 3.05) is 17.4 Å². The fourth-order valence-electron chi connectivity index (χ4n) is 3.53. The highest BCUT2D eigenvalue weighted by atomic mass is 16.7. The highest BCUT2D eigenvalue weighted by molar-refractivity contribution is 6.03. The number of nitrogens with one attached hydrogen (secondary N) is 2. The molecule has 0 saturated heterocycles. The third kappa shape index (κ3) is 4.30. The van der Waals surface area contributed by atoms with Gasteiger partial charge < -0.3 is 20.1 Å². The first kappa shape index (κ1) is 17.6. The summed E-state index contributed by atoms with van der Waals surface area (Å²) in [6, 6.07) is 7.38. The molecule has 1 aliphatic heterocycles. The number of rotatable bonds is 4. The Morgan fingerprint density at radius 2 is 1.81 bits per heavy atom. The van der Waals surface area contributed by atoms with Crippen molar-refractivity contribution >= 4 is 17.5 Å². The lowest BCUT2D eigenvalue weighted by atomic mass is 10.1. The van der Waals surface area contributed by atoms with Crippen molar-refractivity contribution in [2.24, 2.45) is 0 Å². The van der Waals surface area contributed by atoms with Crippen molar-refractivity contribution in [3.05, 3.63) is 35.7 Å². The van der Waals surface area contributed by atoms with Gasteiger partial charge in [0, 0.05) is 23.5 Å². The zero-order valence-electron chi connectivity index (χ0n) is 15.5. The largest absolute Gasteiger partial charge is 0.454 e. The zero-order valence-corrected chi connectivity index (χ0v) is 15.5. The first-order chi connectivity index (χ1) is 13.2. The molecule has 0 bridgehead atoms. The molecule has 1 amide bonds. The van der Waals surface area contributed by atoms with E-state index in [2.05, 4.69) is 20.6 Å². The molecule has 7 heteroatoms. The van der Waals surface area contributed by atoms with Crippen LogP contribution in [-0.4, -0.2) is 28.7 Å². The Hall–Kier alpha value is -2.83. The number of benzene rings is 1. The molecule has 1 saturated carbocycles. The number of carbonyl (C=O) groups is 1. The molecular weight excluding hydrogens is 344 g/mol. The van der Waals surface area contributed by atoms with E-state index in [1.54, 1.807) is 24.3 Å². The first-order valence-electron chi connectivity index (χ1n) is 9.50. The van der Waals surface area contributed by atoms with Crippen molar-refractivity contribution < 1.29 is 14.3 Å². The highest BCUT2D eigenvalue weighted by Gasteiger charge is 2.17. The number of anilines is 2. The molecule has 7 nitrogen and oxygen atoms in total. The van der Waals surface area contributed by atoms with E-state index in [9.17, 15) is 4.79 Å². The summed E-state index contributed by atoms with van der Waals surface area (Å²) in [6.07, 6.45) is 7.26. The van der Waals surface area contributed by atoms with Gasteiger partial charge in [0.05, 0.1) is 0 Å². The van der Waals surface area contributed by atoms with E-state index < -0.39 is 0 Å². The van der Waals surface area contributed by atoms with Crippen LogP contribution in [0.3, 0.4) is 0 Å². The second-order valence-corrected chi connectivity index (χ2v) is 7.07. The Labute approximate surface area is 158 Å². The summed E-state index contributed by atoms with van der Waals surface area (Å²) in [4.78, 5) is 21.6. The summed E-state index contributed by atoms with van der Waals surface area (Å²) in [5, 5.41) is 6.28. The Kier molecular flexibility index (Phi) is 5.09. The van der Waals surface area contributed by atoms with Crippen LogP contribution in [-0.2, 0) is 0 Å². The van der Waals surface area contributed by atoms with Gasteiger partial charge in [0.15, 0.2) is 11.5 Å². The molecule has 0 unspecified atom stereocenters. The van der Waals surface area contributed by atoms with Crippen LogP contribution in [0, 0.1) is 6.92 Å². The Morgan fingerprint density at radius 1 is 1.04 bits per heavy atom. The molecule has 0 spiro atoms. The molecule has 27 heavy (non-hydrogen) atoms. The molecule has 1 aliphatic carbocycles. The van der Waals surface area contributed by atoms with Gasteiger partial charge in [-0.3, -0.25) is 4.79 Å². The summed E-state index contributed by atoms with van der Waals surface area (Å²) in [7, 11) is 0. The summed E-state index contributed by atoms with van der Waals surface area (Å²) < 4.78 is 10.6. The van der Waals surface area contributed by atoms with E-state index in [1.807, 2.05) is 6.92 Å². The van der Waals surface area contributed by atoms with Gasteiger partial charge in [0.1, 0.15) is 5.69 Å². The van der Waals surface area contributed by atoms with Gasteiger partial charge in [0.25, 0.3) is 5.91 Å². The van der Waals surface area contributed by atoms with Crippen LogP contribution in [0.2, 0.25) is 0 Å². The molecule has 2 aromatic rings. The number of hydrogen-bond acceptors (Lipinski definition) is 6. The minimum Gasteiger partial charge on any atom is -0.454 e. The zero-order chi connectivity index (χ0) is 18.6. The second kappa shape index (κ2) is 7.82. The lowest BCUT2D eigenvalue weighted by Gasteiger charge is -2.17. The first-order valence-corrected chi connectivity index (χ1v) is 9.50. The van der Waals surface area contributed by atoms with Crippen molar-refractivity contribution in [1.29, 1.82) is 0 Å². The van der Waals surface area contributed by atoms with E-state index in [1.165, 1.54) is 25.7 Å². The van der Waals surface area contributed by atoms with Crippen LogP contribution >= 0.6 is 0 Å². The summed E-state index contributed by atoms with van der Waals surface area (Å²) in [6.45, 7) is 2.07. The van der Waals surface area contributed by atoms with Gasteiger partial charge >= 0.3 is 0 Å². The standard InChI is InChI=1S/C20H24N4O3/c1-13-10-16(24-20(21-13)23-14-6-4-2-3-5-7-14)19(25)22-15-8-9-17-18(11-15)27-12-26-17/h8-11,14H,2-7,12H2,1H3,(H,22,25)(H,21,23,24). The molecule has 142 valence electrons. The van der Waals surface area contributed by atoms with Crippen LogP contribution in [0.25, 0.3) is 0 Å². The minimum atomic E-state index is -0.275. The fraction of sp³-hybridized carbons (Fsp3) is 0.450. The van der Waals surface area contributed by atoms with E-state index in [0.717, 1.165) is 18.5 Å². The van der Waals surface area contributed by atoms with Crippen molar-refractivity contribution in [2.45, 2.75) is 51.5 Å². The number of carbonyl (C=O) groups excluding carboxylic acids is 1. The van der Waals surface area contributed by atoms with Crippen LogP contribution in [0.1, 0.15) is 54.7 Å². The summed E-state index contributed by atoms with van der Waals surface area (Å²) in [5.41, 5.74) is 1.74. The van der Waals surface area contributed by atoms with Crippen LogP contribution < -0.4 is 20.1 Å². The van der Waals surface area contributed by atoms with E-state index in [-0.39, 0.29) is 12.7 Å². The normalized spacial score (nSPS) is 16.6. The van der Waals surface area contributed by atoms with Gasteiger partial charge in [-0.25, -0.2) is 9.97 Å². The number of aromatic nitrogens is 2. The predicted octanol–water partition coefficient (Wildman–Crippen LogP) is 3.90. The molecule has 0 atom stereocenters. The Bertz CT molecular complexity index is 832. The lowest BCUT2D eigenvalue weighted by Crippen LogP contribution is -2.22. The maximum Gasteiger partial charge on any atom is 0.274 e. The second-order valence-electron chi connectivity index (χ2n) is 7.07. The minimum absolute atomic E-state index is 0.202. The molecule has 1 aromatic carbocycles. The van der Waals surface area contributed by atoms with Gasteiger partial charge in [-0.15, -0.1) is 0 Å². The number of nitrogens with zero attached hydrogens (tertiary/aromatic N) is 2. The number of amides is 1. The third-order valence-corrected chi connectivity index (χ3v) is 4.91. The maximum absolute atomic E-state index is 12.7. The Balaban J connectivity index is 1.47. The van der Waals surface area contributed by atoms with Crippen LogP contribution in [0.4, 0.5) is 11.6 Å². The van der Waals surface area contributed by atoms with Gasteiger partial charge in [-0.1, -0.05) is 25.7 Å². The molecular formula is C20H24N4O3. The monoisotopic (exact) mass is 368 g/mol. The molecule has 0 radical (unpaired) electrons. The van der Waals surface area contributed by atoms with E-state index in [0.29, 0.717) is 34.9 Å². The molecule has 2 heterocycles. The molecule has 2 N–H and O–H groups in total. The van der Waals surface area contributed by atoms with E-state index in [4.69, 9.17) is 9.47 Å². The maximum atomic E-state index is 12.7. The third-order valence-electron chi connectivity index (χ3n) is 4.91. The number of ether oxygens (including phenoxy) is 2. The smallest absolute Gasteiger partial charge is 0.274 e. The van der Waals surface area contributed by atoms with Crippen molar-refractivity contribution in [1.82, 2.24) is 9.97 Å². The molecule has 2 aliphatic rings. The van der Waals surface area contributed by atoms with Crippen LogP contribution in [0.5, 0.6) is 11.5 Å². The number of aryl methyl sites for hydroxylation is 1. The highest BCUT2D eigenvalue weighted by Crippen LogP contribution is 2.34. The average molecular weight is 368 g/mol. The van der Waals surface area contributed by atoms with Crippen molar-refractivity contribution in [3.8, 4) is 11.5 Å². The Morgan fingerprint density at radius 3 is 2.63 bits per heavy atom. The quantitative estimate of drug-likeness (QED) is 0.796. The predicted molar refractivity (Wildman–Crippen MR) is 102 cm³/mol. The number of fused-ring (bicyclic) bond motifs is 1. The van der Waals surface area contributed by atoms with Gasteiger partial charge in [-0.05, 0) is 38.0 Å². The fourth-order valence-corrected chi connectivity index (χ4v) is 3.53. The molecule has 1 aromatic heterocycles. The van der Waals surface area contributed by atoms with Gasteiger partial charge in [0.2, 0.25) is 12.7 Å². The van der Waals surface area contributed by atoms with E-state index >= 15 is 0 Å². The lowest BCUT2D eigenvalue weighted by molar-refractivity contribution is 0.102. The van der Waals surface area contributed by atoms with Crippen LogP contribution in [0.15, 0.2) is 24.3 Å². The average Bonchev–Trinajstić information content (AvgIpc) is 2.97. The SMILES string of the molecule is Cc1cc(C(=O)Nc2ccc3c(c2)OCO3)nc(NC2CCCCCC2)n1. The number of hydrogen-bond donors (Lipinski definition) is 2. The summed E-state index contributed by atoms with van der Waals surface area (Å²) >= 11 is 0. The van der Waals surface area contributed by atoms with Gasteiger partial charge in [-0.2, -0.15) is 0 Å².